The molecule has 0 bridgehead atoms. The standard InChI is InChI=1S/C23H26N2O4S/c1-15(2)12-19(26)25-22-21(18(14-30-22)16-8-4-3-5-9-16)23(28)29-13-20(27)24-17-10-6-7-11-17/h3-5,8-9,12,14,17H,6-7,10-11,13H2,1-2H3,(H,24,27)(H,25,26). The molecule has 0 unspecified atom stereocenters. The summed E-state index contributed by atoms with van der Waals surface area (Å²) in [7, 11) is 0. The van der Waals surface area contributed by atoms with Gasteiger partial charge in [0.05, 0.1) is 0 Å². The highest BCUT2D eigenvalue weighted by molar-refractivity contribution is 7.15. The SMILES string of the molecule is CC(C)=CC(=O)Nc1scc(-c2ccccc2)c1C(=O)OCC(=O)NC1CCCC1. The zero-order valence-electron chi connectivity index (χ0n) is 17.2. The molecule has 1 aliphatic carbocycles. The van der Waals surface area contributed by atoms with Crippen molar-refractivity contribution >= 4 is 34.1 Å². The third-order valence-electron chi connectivity index (χ3n) is 4.79. The Bertz CT molecular complexity index is 939. The third kappa shape index (κ3) is 5.79. The molecule has 6 nitrogen and oxygen atoms in total. The van der Waals surface area contributed by atoms with Crippen molar-refractivity contribution in [3.8, 4) is 11.1 Å². The van der Waals surface area contributed by atoms with Gasteiger partial charge in [-0.15, -0.1) is 11.3 Å². The van der Waals surface area contributed by atoms with Crippen molar-refractivity contribution < 1.29 is 19.1 Å². The molecule has 1 aromatic heterocycles. The quantitative estimate of drug-likeness (QED) is 0.503. The Kier molecular flexibility index (Phi) is 7.41. The van der Waals surface area contributed by atoms with Crippen LogP contribution in [0.15, 0.2) is 47.4 Å². The predicted octanol–water partition coefficient (Wildman–Crippen LogP) is 4.54. The number of hydrogen-bond acceptors (Lipinski definition) is 5. The highest BCUT2D eigenvalue weighted by atomic mass is 32.1. The summed E-state index contributed by atoms with van der Waals surface area (Å²) in [5.74, 6) is -1.25. The summed E-state index contributed by atoms with van der Waals surface area (Å²) in [4.78, 5) is 37.3. The summed E-state index contributed by atoms with van der Waals surface area (Å²) < 4.78 is 5.31. The molecule has 1 fully saturated rings. The van der Waals surface area contributed by atoms with E-state index in [0.29, 0.717) is 10.6 Å². The van der Waals surface area contributed by atoms with Crippen molar-refractivity contribution in [3.05, 3.63) is 52.9 Å². The Balaban J connectivity index is 1.78. The van der Waals surface area contributed by atoms with Crippen LogP contribution in [0.25, 0.3) is 11.1 Å². The van der Waals surface area contributed by atoms with Gasteiger partial charge in [0.2, 0.25) is 5.91 Å². The minimum atomic E-state index is -0.635. The van der Waals surface area contributed by atoms with E-state index < -0.39 is 5.97 Å². The molecule has 7 heteroatoms. The van der Waals surface area contributed by atoms with Crippen molar-refractivity contribution in [2.24, 2.45) is 0 Å². The summed E-state index contributed by atoms with van der Waals surface area (Å²) in [6, 6.07) is 9.56. The van der Waals surface area contributed by atoms with E-state index in [1.54, 1.807) is 0 Å². The van der Waals surface area contributed by atoms with Gasteiger partial charge in [-0.3, -0.25) is 9.59 Å². The molecule has 0 spiro atoms. The summed E-state index contributed by atoms with van der Waals surface area (Å²) in [5, 5.41) is 7.87. The van der Waals surface area contributed by atoms with Crippen molar-refractivity contribution in [2.45, 2.75) is 45.6 Å². The highest BCUT2D eigenvalue weighted by Gasteiger charge is 2.24. The molecule has 0 saturated heterocycles. The van der Waals surface area contributed by atoms with Crippen LogP contribution in [0.4, 0.5) is 5.00 Å². The number of carbonyl (C=O) groups excluding carboxylic acids is 3. The lowest BCUT2D eigenvalue weighted by atomic mass is 10.0. The lowest BCUT2D eigenvalue weighted by Crippen LogP contribution is -2.36. The Morgan fingerprint density at radius 3 is 2.50 bits per heavy atom. The Hall–Kier alpha value is -2.93. The number of rotatable bonds is 7. The van der Waals surface area contributed by atoms with E-state index >= 15 is 0 Å². The monoisotopic (exact) mass is 426 g/mol. The minimum Gasteiger partial charge on any atom is -0.452 e. The molecule has 30 heavy (non-hydrogen) atoms. The van der Waals surface area contributed by atoms with E-state index in [2.05, 4.69) is 10.6 Å². The van der Waals surface area contributed by atoms with Crippen molar-refractivity contribution in [1.82, 2.24) is 5.32 Å². The number of thiophene rings is 1. The molecule has 1 aliphatic rings. The number of nitrogens with one attached hydrogen (secondary N) is 2. The first kappa shape index (κ1) is 21.8. The smallest absolute Gasteiger partial charge is 0.342 e. The number of ether oxygens (including phenoxy) is 1. The Labute approximate surface area is 180 Å². The second-order valence-electron chi connectivity index (χ2n) is 7.56. The van der Waals surface area contributed by atoms with E-state index in [9.17, 15) is 14.4 Å². The predicted molar refractivity (Wildman–Crippen MR) is 118 cm³/mol. The molecular weight excluding hydrogens is 400 g/mol. The molecule has 0 radical (unpaired) electrons. The molecule has 2 aromatic rings. The first-order valence-corrected chi connectivity index (χ1v) is 10.9. The van der Waals surface area contributed by atoms with E-state index in [-0.39, 0.29) is 30.0 Å². The Morgan fingerprint density at radius 1 is 1.13 bits per heavy atom. The van der Waals surface area contributed by atoms with Gasteiger partial charge in [-0.1, -0.05) is 48.7 Å². The molecule has 2 N–H and O–H groups in total. The van der Waals surface area contributed by atoms with Gasteiger partial charge < -0.3 is 15.4 Å². The average molecular weight is 427 g/mol. The van der Waals surface area contributed by atoms with Crippen molar-refractivity contribution in [3.63, 3.8) is 0 Å². The molecular formula is C23H26N2O4S. The summed E-state index contributed by atoms with van der Waals surface area (Å²) in [6.07, 6.45) is 5.60. The molecule has 1 aromatic carbocycles. The summed E-state index contributed by atoms with van der Waals surface area (Å²) in [6.45, 7) is 3.30. The lowest BCUT2D eigenvalue weighted by molar-refractivity contribution is -0.124. The van der Waals surface area contributed by atoms with Crippen LogP contribution in [0.3, 0.4) is 0 Å². The number of allylic oxidation sites excluding steroid dienone is 1. The fourth-order valence-corrected chi connectivity index (χ4v) is 4.40. The lowest BCUT2D eigenvalue weighted by Gasteiger charge is -2.13. The number of amides is 2. The fourth-order valence-electron chi connectivity index (χ4n) is 3.44. The normalized spacial score (nSPS) is 13.5. The second-order valence-corrected chi connectivity index (χ2v) is 8.44. The van der Waals surface area contributed by atoms with Gasteiger partial charge in [0.25, 0.3) is 5.91 Å². The van der Waals surface area contributed by atoms with Crippen LogP contribution >= 0.6 is 11.3 Å². The first-order chi connectivity index (χ1) is 14.4. The van der Waals surface area contributed by atoms with Crippen LogP contribution < -0.4 is 10.6 Å². The van der Waals surface area contributed by atoms with Gasteiger partial charge in [0, 0.05) is 23.1 Å². The van der Waals surface area contributed by atoms with Gasteiger partial charge >= 0.3 is 5.97 Å². The van der Waals surface area contributed by atoms with Gasteiger partial charge in [-0.25, -0.2) is 4.79 Å². The second kappa shape index (κ2) is 10.2. The number of benzene rings is 1. The van der Waals surface area contributed by atoms with Gasteiger partial charge in [0.15, 0.2) is 6.61 Å². The highest BCUT2D eigenvalue weighted by Crippen LogP contribution is 2.36. The summed E-state index contributed by atoms with van der Waals surface area (Å²) >= 11 is 1.25. The zero-order valence-corrected chi connectivity index (χ0v) is 18.0. The van der Waals surface area contributed by atoms with Crippen LogP contribution in [-0.2, 0) is 14.3 Å². The molecule has 158 valence electrons. The maximum Gasteiger partial charge on any atom is 0.342 e. The van der Waals surface area contributed by atoms with Crippen LogP contribution in [0, 0.1) is 0 Å². The van der Waals surface area contributed by atoms with E-state index in [4.69, 9.17) is 4.74 Å². The third-order valence-corrected chi connectivity index (χ3v) is 5.69. The molecule has 2 amide bonds. The van der Waals surface area contributed by atoms with Gasteiger partial charge in [-0.05, 0) is 32.3 Å². The topological polar surface area (TPSA) is 84.5 Å². The molecule has 0 aliphatic heterocycles. The Morgan fingerprint density at radius 2 is 1.83 bits per heavy atom. The number of carbonyl (C=O) groups is 3. The molecule has 3 rings (SSSR count). The van der Waals surface area contributed by atoms with E-state index in [1.165, 1.54) is 17.4 Å². The van der Waals surface area contributed by atoms with Crippen molar-refractivity contribution in [1.29, 1.82) is 0 Å². The van der Waals surface area contributed by atoms with Crippen LogP contribution in [0.5, 0.6) is 0 Å². The maximum absolute atomic E-state index is 12.9. The molecule has 1 heterocycles. The fraction of sp³-hybridized carbons (Fsp3) is 0.348. The first-order valence-electron chi connectivity index (χ1n) is 10.0. The number of anilines is 1. The molecule has 0 atom stereocenters. The van der Waals surface area contributed by atoms with E-state index in [1.807, 2.05) is 49.6 Å². The average Bonchev–Trinajstić information content (AvgIpc) is 3.36. The van der Waals surface area contributed by atoms with E-state index in [0.717, 1.165) is 36.8 Å². The number of hydrogen-bond donors (Lipinski definition) is 2. The maximum atomic E-state index is 12.9. The largest absolute Gasteiger partial charge is 0.452 e. The van der Waals surface area contributed by atoms with Crippen LogP contribution in [0.1, 0.15) is 49.9 Å². The zero-order chi connectivity index (χ0) is 21.5. The minimum absolute atomic E-state index is 0.163. The number of esters is 1. The van der Waals surface area contributed by atoms with Crippen molar-refractivity contribution in [2.75, 3.05) is 11.9 Å². The summed E-state index contributed by atoms with van der Waals surface area (Å²) in [5.41, 5.74) is 2.60. The van der Waals surface area contributed by atoms with Crippen LogP contribution in [0.2, 0.25) is 0 Å². The molecule has 1 saturated carbocycles. The van der Waals surface area contributed by atoms with Gasteiger partial charge in [-0.2, -0.15) is 0 Å². The van der Waals surface area contributed by atoms with Crippen LogP contribution in [-0.4, -0.2) is 30.4 Å². The van der Waals surface area contributed by atoms with Gasteiger partial charge in [0.1, 0.15) is 10.6 Å².